The summed E-state index contributed by atoms with van der Waals surface area (Å²) < 4.78 is 0. The summed E-state index contributed by atoms with van der Waals surface area (Å²) in [5, 5.41) is 1.52. The van der Waals surface area contributed by atoms with Crippen molar-refractivity contribution in [3.8, 4) is 0 Å². The molecule has 0 radical (unpaired) electrons. The molecule has 0 amide bonds. The lowest BCUT2D eigenvalue weighted by Crippen LogP contribution is -2.39. The van der Waals surface area contributed by atoms with Crippen LogP contribution >= 0.6 is 0 Å². The molecule has 0 atom stereocenters. The molecule has 0 aromatic heterocycles. The third-order valence-corrected chi connectivity index (χ3v) is 5.40. The highest BCUT2D eigenvalue weighted by molar-refractivity contribution is 6.93. The lowest BCUT2D eigenvalue weighted by Gasteiger charge is -2.18. The van der Waals surface area contributed by atoms with Crippen LogP contribution in [-0.2, 0) is 0 Å². The number of benzene rings is 1. The van der Waals surface area contributed by atoms with Crippen molar-refractivity contribution in [1.29, 1.82) is 0 Å². The van der Waals surface area contributed by atoms with Gasteiger partial charge < -0.3 is 0 Å². The minimum Gasteiger partial charge on any atom is -0.0943 e. The number of unbranched alkanes of at least 4 members (excludes halogenated alkanes) is 1. The summed E-state index contributed by atoms with van der Waals surface area (Å²) in [7, 11) is -1.30. The fourth-order valence-electron chi connectivity index (χ4n) is 1.51. The maximum Gasteiger partial charge on any atom is 0.103 e. The zero-order valence-corrected chi connectivity index (χ0v) is 10.5. The standard InChI is InChI=1S/C13H20Si/c1-4-5-9-12-14(2,3)13-10-7-6-8-11-13/h6-12H,4-5H2,1-3H3/b12-9-. The molecule has 0 saturated heterocycles. The molecule has 1 aromatic carbocycles. The molecule has 1 rings (SSSR count). The molecule has 1 aromatic rings. The molecule has 0 saturated carbocycles. The largest absolute Gasteiger partial charge is 0.103 e. The lowest BCUT2D eigenvalue weighted by atomic mass is 10.3. The number of hydrogen-bond donors (Lipinski definition) is 0. The first kappa shape index (κ1) is 11.3. The van der Waals surface area contributed by atoms with E-state index in [4.69, 9.17) is 0 Å². The van der Waals surface area contributed by atoms with Crippen LogP contribution in [0.15, 0.2) is 42.1 Å². The Morgan fingerprint density at radius 1 is 1.14 bits per heavy atom. The second-order valence-corrected chi connectivity index (χ2v) is 8.63. The van der Waals surface area contributed by atoms with Gasteiger partial charge in [-0.1, -0.05) is 73.7 Å². The van der Waals surface area contributed by atoms with Crippen molar-refractivity contribution in [1.82, 2.24) is 0 Å². The molecular formula is C13H20Si. The van der Waals surface area contributed by atoms with Crippen LogP contribution < -0.4 is 5.19 Å². The summed E-state index contributed by atoms with van der Waals surface area (Å²) in [5.41, 5.74) is 2.45. The average Bonchev–Trinajstić information content (AvgIpc) is 2.19. The van der Waals surface area contributed by atoms with E-state index in [0.29, 0.717) is 0 Å². The van der Waals surface area contributed by atoms with Crippen LogP contribution in [0.5, 0.6) is 0 Å². The molecule has 0 nitrogen and oxygen atoms in total. The average molecular weight is 204 g/mol. The van der Waals surface area contributed by atoms with Crippen molar-refractivity contribution >= 4 is 13.3 Å². The SMILES string of the molecule is CCC/C=C\[Si](C)(C)c1ccccc1. The maximum atomic E-state index is 2.45. The van der Waals surface area contributed by atoms with Crippen LogP contribution in [0.25, 0.3) is 0 Å². The third kappa shape index (κ3) is 3.15. The summed E-state index contributed by atoms with van der Waals surface area (Å²) in [4.78, 5) is 0. The first-order valence-corrected chi connectivity index (χ1v) is 8.48. The fraction of sp³-hybridized carbons (Fsp3) is 0.385. The van der Waals surface area contributed by atoms with Crippen LogP contribution in [0, 0.1) is 0 Å². The van der Waals surface area contributed by atoms with Crippen molar-refractivity contribution < 1.29 is 0 Å². The highest BCUT2D eigenvalue weighted by Gasteiger charge is 2.18. The molecule has 0 spiro atoms. The Balaban J connectivity index is 2.75. The third-order valence-electron chi connectivity index (χ3n) is 2.51. The van der Waals surface area contributed by atoms with Crippen molar-refractivity contribution in [2.45, 2.75) is 32.9 Å². The van der Waals surface area contributed by atoms with E-state index in [2.05, 4.69) is 62.1 Å². The monoisotopic (exact) mass is 204 g/mol. The van der Waals surface area contributed by atoms with E-state index in [1.165, 1.54) is 18.0 Å². The van der Waals surface area contributed by atoms with Gasteiger partial charge in [0, 0.05) is 0 Å². The van der Waals surface area contributed by atoms with Gasteiger partial charge in [-0.3, -0.25) is 0 Å². The Morgan fingerprint density at radius 2 is 1.79 bits per heavy atom. The summed E-state index contributed by atoms with van der Waals surface area (Å²) >= 11 is 0. The van der Waals surface area contributed by atoms with Crippen molar-refractivity contribution in [3.05, 3.63) is 42.1 Å². The number of allylic oxidation sites excluding steroid dienone is 1. The lowest BCUT2D eigenvalue weighted by molar-refractivity contribution is 0.959. The van der Waals surface area contributed by atoms with E-state index in [0.717, 1.165) is 0 Å². The molecule has 1 heteroatoms. The van der Waals surface area contributed by atoms with Crippen molar-refractivity contribution in [3.63, 3.8) is 0 Å². The highest BCUT2D eigenvalue weighted by atomic mass is 28.3. The second-order valence-electron chi connectivity index (χ2n) is 4.28. The van der Waals surface area contributed by atoms with Gasteiger partial charge >= 0.3 is 0 Å². The predicted molar refractivity (Wildman–Crippen MR) is 67.6 cm³/mol. The molecule has 0 bridgehead atoms. The Hall–Kier alpha value is -0.823. The van der Waals surface area contributed by atoms with Gasteiger partial charge in [0.25, 0.3) is 0 Å². The van der Waals surface area contributed by atoms with Gasteiger partial charge in [-0.15, -0.1) is 0 Å². The summed E-state index contributed by atoms with van der Waals surface area (Å²) in [5.74, 6) is 0. The first-order valence-electron chi connectivity index (χ1n) is 5.40. The summed E-state index contributed by atoms with van der Waals surface area (Å²) in [6.45, 7) is 7.02. The van der Waals surface area contributed by atoms with E-state index < -0.39 is 8.07 Å². The van der Waals surface area contributed by atoms with E-state index in [9.17, 15) is 0 Å². The first-order chi connectivity index (χ1) is 6.67. The second kappa shape index (κ2) is 5.16. The van der Waals surface area contributed by atoms with Crippen LogP contribution in [0.1, 0.15) is 19.8 Å². The van der Waals surface area contributed by atoms with Gasteiger partial charge in [-0.25, -0.2) is 0 Å². The Bertz CT molecular complexity index is 285. The molecule has 0 unspecified atom stereocenters. The molecular weight excluding hydrogens is 184 g/mol. The van der Waals surface area contributed by atoms with Crippen LogP contribution in [0.3, 0.4) is 0 Å². The smallest absolute Gasteiger partial charge is 0.0943 e. The molecule has 0 fully saturated rings. The summed E-state index contributed by atoms with van der Waals surface area (Å²) in [6.07, 6.45) is 4.80. The molecule has 76 valence electrons. The Morgan fingerprint density at radius 3 is 2.36 bits per heavy atom. The zero-order chi connectivity index (χ0) is 10.4. The van der Waals surface area contributed by atoms with E-state index in [1.807, 2.05) is 0 Å². The fourth-order valence-corrected chi connectivity index (χ4v) is 3.51. The van der Waals surface area contributed by atoms with Crippen LogP contribution in [-0.4, -0.2) is 8.07 Å². The van der Waals surface area contributed by atoms with Gasteiger partial charge in [-0.05, 0) is 6.42 Å². The van der Waals surface area contributed by atoms with E-state index in [-0.39, 0.29) is 0 Å². The van der Waals surface area contributed by atoms with Gasteiger partial charge in [0.15, 0.2) is 0 Å². The molecule has 0 aliphatic carbocycles. The van der Waals surface area contributed by atoms with Crippen LogP contribution in [0.4, 0.5) is 0 Å². The quantitative estimate of drug-likeness (QED) is 0.659. The van der Waals surface area contributed by atoms with Crippen molar-refractivity contribution in [2.24, 2.45) is 0 Å². The number of rotatable bonds is 4. The van der Waals surface area contributed by atoms with E-state index in [1.54, 1.807) is 0 Å². The minimum absolute atomic E-state index is 1.21. The van der Waals surface area contributed by atoms with E-state index >= 15 is 0 Å². The Labute approximate surface area is 88.7 Å². The van der Waals surface area contributed by atoms with Crippen molar-refractivity contribution in [2.75, 3.05) is 0 Å². The van der Waals surface area contributed by atoms with Gasteiger partial charge in [0.1, 0.15) is 8.07 Å². The topological polar surface area (TPSA) is 0 Å². The summed E-state index contributed by atoms with van der Waals surface area (Å²) in [6, 6.07) is 10.9. The minimum atomic E-state index is -1.30. The molecule has 0 aliphatic rings. The normalized spacial score (nSPS) is 12.2. The Kier molecular flexibility index (Phi) is 4.14. The van der Waals surface area contributed by atoms with Crippen LogP contribution in [0.2, 0.25) is 13.1 Å². The maximum absolute atomic E-state index is 2.45. The molecule has 0 heterocycles. The molecule has 14 heavy (non-hydrogen) atoms. The van der Waals surface area contributed by atoms with Gasteiger partial charge in [-0.2, -0.15) is 0 Å². The molecule has 0 aliphatic heterocycles. The number of hydrogen-bond acceptors (Lipinski definition) is 0. The predicted octanol–water partition coefficient (Wildman–Crippen LogP) is 3.50. The zero-order valence-electron chi connectivity index (χ0n) is 9.46. The van der Waals surface area contributed by atoms with Gasteiger partial charge in [0.05, 0.1) is 0 Å². The van der Waals surface area contributed by atoms with Gasteiger partial charge in [0.2, 0.25) is 0 Å². The molecule has 0 N–H and O–H groups in total. The highest BCUT2D eigenvalue weighted by Crippen LogP contribution is 2.06.